The van der Waals surface area contributed by atoms with E-state index in [9.17, 15) is 4.79 Å². The van der Waals surface area contributed by atoms with Crippen LogP contribution in [0.1, 0.15) is 23.0 Å². The van der Waals surface area contributed by atoms with Crippen molar-refractivity contribution in [3.05, 3.63) is 78.0 Å². The number of para-hydroxylation sites is 2. The number of ether oxygens (including phenoxy) is 1. The number of amides is 1. The second-order valence-corrected chi connectivity index (χ2v) is 6.00. The first-order valence-corrected chi connectivity index (χ1v) is 8.79. The number of carbonyl (C=O) groups is 1. The molecule has 1 amide bonds. The van der Waals surface area contributed by atoms with Gasteiger partial charge in [0.1, 0.15) is 5.75 Å². The van der Waals surface area contributed by atoms with E-state index in [4.69, 9.17) is 4.74 Å². The Morgan fingerprint density at radius 3 is 2.44 bits per heavy atom. The predicted octanol–water partition coefficient (Wildman–Crippen LogP) is 3.89. The normalized spacial score (nSPS) is 10.3. The van der Waals surface area contributed by atoms with Gasteiger partial charge in [-0.05, 0) is 36.8 Å². The Morgan fingerprint density at radius 2 is 1.74 bits per heavy atom. The molecule has 0 spiro atoms. The Balaban J connectivity index is 1.67. The fraction of sp³-hybridized carbons (Fsp3) is 0.190. The summed E-state index contributed by atoms with van der Waals surface area (Å²) in [5, 5.41) is 11.4. The highest BCUT2D eigenvalue weighted by Crippen LogP contribution is 2.26. The summed E-state index contributed by atoms with van der Waals surface area (Å²) >= 11 is 0. The molecule has 3 rings (SSSR count). The van der Waals surface area contributed by atoms with Crippen molar-refractivity contribution in [2.75, 3.05) is 19.0 Å². The van der Waals surface area contributed by atoms with Gasteiger partial charge in [-0.15, -0.1) is 10.2 Å². The topological polar surface area (TPSA) is 67.3 Å². The standard InChI is InChI=1S/C21H22N4O2/c1-3-27-19-12-8-7-11-17(19)22-20-14-13-18(23-24-20)21(26)25(2)15-16-9-5-4-6-10-16/h4-14H,3,15H2,1-2H3,(H,22,24). The summed E-state index contributed by atoms with van der Waals surface area (Å²) in [6, 6.07) is 20.8. The van der Waals surface area contributed by atoms with Crippen LogP contribution in [-0.4, -0.2) is 34.7 Å². The molecule has 0 bridgehead atoms. The summed E-state index contributed by atoms with van der Waals surface area (Å²) in [6.45, 7) is 3.03. The minimum absolute atomic E-state index is 0.174. The number of nitrogens with one attached hydrogen (secondary N) is 1. The highest BCUT2D eigenvalue weighted by atomic mass is 16.5. The van der Waals surface area contributed by atoms with E-state index < -0.39 is 0 Å². The number of nitrogens with zero attached hydrogens (tertiary/aromatic N) is 3. The smallest absolute Gasteiger partial charge is 0.274 e. The van der Waals surface area contributed by atoms with E-state index in [1.54, 1.807) is 24.1 Å². The number of hydrogen-bond donors (Lipinski definition) is 1. The van der Waals surface area contributed by atoms with Crippen LogP contribution in [0.15, 0.2) is 66.7 Å². The Kier molecular flexibility index (Phi) is 5.99. The van der Waals surface area contributed by atoms with Gasteiger partial charge in [0.05, 0.1) is 12.3 Å². The van der Waals surface area contributed by atoms with Gasteiger partial charge in [-0.3, -0.25) is 4.79 Å². The van der Waals surface area contributed by atoms with E-state index in [1.807, 2.05) is 61.5 Å². The third-order valence-electron chi connectivity index (χ3n) is 3.94. The van der Waals surface area contributed by atoms with Gasteiger partial charge < -0.3 is 15.0 Å². The number of carbonyl (C=O) groups excluding carboxylic acids is 1. The highest BCUT2D eigenvalue weighted by molar-refractivity contribution is 5.92. The maximum atomic E-state index is 12.5. The number of aromatic nitrogens is 2. The van der Waals surface area contributed by atoms with Crippen molar-refractivity contribution in [1.29, 1.82) is 0 Å². The summed E-state index contributed by atoms with van der Waals surface area (Å²) in [4.78, 5) is 14.2. The first-order valence-electron chi connectivity index (χ1n) is 8.79. The molecule has 6 nitrogen and oxygen atoms in total. The fourth-order valence-electron chi connectivity index (χ4n) is 2.63. The molecule has 1 N–H and O–H groups in total. The van der Waals surface area contributed by atoms with Crippen molar-refractivity contribution in [2.45, 2.75) is 13.5 Å². The zero-order valence-corrected chi connectivity index (χ0v) is 15.4. The number of hydrogen-bond acceptors (Lipinski definition) is 5. The molecular formula is C21H22N4O2. The van der Waals surface area contributed by atoms with Gasteiger partial charge >= 0.3 is 0 Å². The zero-order valence-electron chi connectivity index (χ0n) is 15.4. The van der Waals surface area contributed by atoms with Crippen LogP contribution < -0.4 is 10.1 Å². The summed E-state index contributed by atoms with van der Waals surface area (Å²) in [5.41, 5.74) is 2.16. The Bertz CT molecular complexity index is 882. The number of benzene rings is 2. The lowest BCUT2D eigenvalue weighted by molar-refractivity contribution is 0.0778. The Labute approximate surface area is 158 Å². The third kappa shape index (κ3) is 4.82. The fourth-order valence-corrected chi connectivity index (χ4v) is 2.63. The van der Waals surface area contributed by atoms with Crippen LogP contribution in [0.4, 0.5) is 11.5 Å². The second kappa shape index (κ2) is 8.80. The largest absolute Gasteiger partial charge is 0.492 e. The first kappa shape index (κ1) is 18.4. The maximum Gasteiger partial charge on any atom is 0.274 e. The molecule has 0 unspecified atom stereocenters. The van der Waals surface area contributed by atoms with Crippen LogP contribution in [0.25, 0.3) is 0 Å². The van der Waals surface area contributed by atoms with E-state index in [2.05, 4.69) is 15.5 Å². The monoisotopic (exact) mass is 362 g/mol. The van der Waals surface area contributed by atoms with Crippen LogP contribution in [0.3, 0.4) is 0 Å². The van der Waals surface area contributed by atoms with Crippen molar-refractivity contribution >= 4 is 17.4 Å². The second-order valence-electron chi connectivity index (χ2n) is 6.00. The average molecular weight is 362 g/mol. The minimum Gasteiger partial charge on any atom is -0.492 e. The van der Waals surface area contributed by atoms with Gasteiger partial charge in [-0.25, -0.2) is 0 Å². The molecule has 27 heavy (non-hydrogen) atoms. The molecule has 0 aliphatic carbocycles. The highest BCUT2D eigenvalue weighted by Gasteiger charge is 2.14. The van der Waals surface area contributed by atoms with E-state index in [1.165, 1.54) is 0 Å². The van der Waals surface area contributed by atoms with E-state index in [0.717, 1.165) is 17.0 Å². The van der Waals surface area contributed by atoms with Crippen LogP contribution in [0.2, 0.25) is 0 Å². The lowest BCUT2D eigenvalue weighted by atomic mass is 10.2. The number of rotatable bonds is 7. The van der Waals surface area contributed by atoms with E-state index in [-0.39, 0.29) is 5.91 Å². The molecule has 0 aliphatic heterocycles. The van der Waals surface area contributed by atoms with Crippen molar-refractivity contribution in [2.24, 2.45) is 0 Å². The molecule has 0 fully saturated rings. The summed E-state index contributed by atoms with van der Waals surface area (Å²) in [7, 11) is 1.75. The molecule has 0 saturated carbocycles. The molecular weight excluding hydrogens is 340 g/mol. The van der Waals surface area contributed by atoms with E-state index in [0.29, 0.717) is 24.7 Å². The maximum absolute atomic E-state index is 12.5. The average Bonchev–Trinajstić information content (AvgIpc) is 2.70. The molecule has 0 atom stereocenters. The van der Waals surface area contributed by atoms with Gasteiger partial charge in [0.25, 0.3) is 5.91 Å². The third-order valence-corrected chi connectivity index (χ3v) is 3.94. The van der Waals surface area contributed by atoms with Crippen LogP contribution in [0.5, 0.6) is 5.75 Å². The lowest BCUT2D eigenvalue weighted by Crippen LogP contribution is -2.27. The molecule has 2 aromatic carbocycles. The first-order chi connectivity index (χ1) is 13.2. The molecule has 138 valence electrons. The quantitative estimate of drug-likeness (QED) is 0.691. The van der Waals surface area contributed by atoms with Gasteiger partial charge in [0.2, 0.25) is 0 Å². The summed E-state index contributed by atoms with van der Waals surface area (Å²) in [5.74, 6) is 1.11. The molecule has 6 heteroatoms. The summed E-state index contributed by atoms with van der Waals surface area (Å²) < 4.78 is 5.59. The molecule has 0 saturated heterocycles. The molecule has 3 aromatic rings. The van der Waals surface area contributed by atoms with Crippen molar-refractivity contribution in [3.63, 3.8) is 0 Å². The predicted molar refractivity (Wildman–Crippen MR) is 105 cm³/mol. The van der Waals surface area contributed by atoms with Crippen LogP contribution in [0, 0.1) is 0 Å². The minimum atomic E-state index is -0.174. The molecule has 1 heterocycles. The van der Waals surface area contributed by atoms with Crippen LogP contribution >= 0.6 is 0 Å². The lowest BCUT2D eigenvalue weighted by Gasteiger charge is -2.16. The number of anilines is 2. The molecule has 0 aliphatic rings. The van der Waals surface area contributed by atoms with Gasteiger partial charge in [0, 0.05) is 13.6 Å². The zero-order chi connectivity index (χ0) is 19.1. The Morgan fingerprint density at radius 1 is 1.00 bits per heavy atom. The van der Waals surface area contributed by atoms with Gasteiger partial charge in [-0.2, -0.15) is 0 Å². The van der Waals surface area contributed by atoms with Crippen molar-refractivity contribution < 1.29 is 9.53 Å². The van der Waals surface area contributed by atoms with Gasteiger partial charge in [0.15, 0.2) is 11.5 Å². The van der Waals surface area contributed by atoms with Gasteiger partial charge in [-0.1, -0.05) is 42.5 Å². The van der Waals surface area contributed by atoms with Crippen molar-refractivity contribution in [1.82, 2.24) is 15.1 Å². The molecule has 0 radical (unpaired) electrons. The Hall–Kier alpha value is -3.41. The van der Waals surface area contributed by atoms with E-state index >= 15 is 0 Å². The van der Waals surface area contributed by atoms with Crippen molar-refractivity contribution in [3.8, 4) is 5.75 Å². The van der Waals surface area contributed by atoms with Crippen LogP contribution in [-0.2, 0) is 6.54 Å². The summed E-state index contributed by atoms with van der Waals surface area (Å²) in [6.07, 6.45) is 0. The SMILES string of the molecule is CCOc1ccccc1Nc1ccc(C(=O)N(C)Cc2ccccc2)nn1. The molecule has 1 aromatic heterocycles.